The SMILES string of the molecule is Cc1ccc(S(=O)(=O)N(C)CC2CNCCO2)cc1C. The first kappa shape index (κ1) is 15.4. The highest BCUT2D eigenvalue weighted by Gasteiger charge is 2.25. The minimum atomic E-state index is -3.45. The molecule has 1 fully saturated rings. The van der Waals surface area contributed by atoms with Crippen LogP contribution in [0.4, 0.5) is 0 Å². The van der Waals surface area contributed by atoms with E-state index in [0.29, 0.717) is 24.6 Å². The number of hydrogen-bond donors (Lipinski definition) is 1. The molecule has 1 aromatic rings. The zero-order valence-corrected chi connectivity index (χ0v) is 13.0. The standard InChI is InChI=1S/C14H22N2O3S/c1-11-4-5-14(8-12(11)2)20(17,18)16(3)10-13-9-15-6-7-19-13/h4-5,8,13,15H,6-7,9-10H2,1-3H3. The lowest BCUT2D eigenvalue weighted by molar-refractivity contribution is 0.0206. The molecule has 112 valence electrons. The van der Waals surface area contributed by atoms with Crippen molar-refractivity contribution in [1.29, 1.82) is 0 Å². The van der Waals surface area contributed by atoms with Crippen LogP contribution in [0.5, 0.6) is 0 Å². The Labute approximate surface area is 121 Å². The molecule has 0 bridgehead atoms. The summed E-state index contributed by atoms with van der Waals surface area (Å²) in [5, 5.41) is 3.20. The van der Waals surface area contributed by atoms with Gasteiger partial charge in [-0.1, -0.05) is 6.07 Å². The van der Waals surface area contributed by atoms with Crippen molar-refractivity contribution < 1.29 is 13.2 Å². The van der Waals surface area contributed by atoms with Crippen LogP contribution in [0.2, 0.25) is 0 Å². The Balaban J connectivity index is 2.13. The summed E-state index contributed by atoms with van der Waals surface area (Å²) in [7, 11) is -1.85. The van der Waals surface area contributed by atoms with Crippen LogP contribution in [0.15, 0.2) is 23.1 Å². The van der Waals surface area contributed by atoms with Crippen LogP contribution in [-0.4, -0.2) is 52.1 Å². The lowest BCUT2D eigenvalue weighted by atomic mass is 10.1. The minimum absolute atomic E-state index is 0.0879. The summed E-state index contributed by atoms with van der Waals surface area (Å²) in [4.78, 5) is 0.340. The number of ether oxygens (including phenoxy) is 1. The van der Waals surface area contributed by atoms with E-state index in [1.54, 1.807) is 19.2 Å². The van der Waals surface area contributed by atoms with E-state index in [9.17, 15) is 8.42 Å². The average molecular weight is 298 g/mol. The van der Waals surface area contributed by atoms with E-state index >= 15 is 0 Å². The third-order valence-corrected chi connectivity index (χ3v) is 5.47. The summed E-state index contributed by atoms with van der Waals surface area (Å²) in [5.74, 6) is 0. The highest BCUT2D eigenvalue weighted by molar-refractivity contribution is 7.89. The van der Waals surface area contributed by atoms with Crippen molar-refractivity contribution in [3.8, 4) is 0 Å². The molecule has 1 aromatic carbocycles. The maximum Gasteiger partial charge on any atom is 0.242 e. The van der Waals surface area contributed by atoms with Gasteiger partial charge in [-0.2, -0.15) is 4.31 Å². The van der Waals surface area contributed by atoms with Crippen molar-refractivity contribution in [2.75, 3.05) is 33.3 Å². The summed E-state index contributed by atoms with van der Waals surface area (Å²) in [6.45, 7) is 6.39. The van der Waals surface area contributed by atoms with Gasteiger partial charge in [0, 0.05) is 26.7 Å². The predicted octanol–water partition coefficient (Wildman–Crippen LogP) is 0.912. The van der Waals surface area contributed by atoms with Crippen molar-refractivity contribution in [3.63, 3.8) is 0 Å². The van der Waals surface area contributed by atoms with E-state index in [4.69, 9.17) is 4.74 Å². The molecule has 1 unspecified atom stereocenters. The van der Waals surface area contributed by atoms with Crippen LogP contribution in [0.1, 0.15) is 11.1 Å². The molecule has 5 nitrogen and oxygen atoms in total. The molecule has 1 atom stereocenters. The monoisotopic (exact) mass is 298 g/mol. The Morgan fingerprint density at radius 1 is 1.35 bits per heavy atom. The Kier molecular flexibility index (Phi) is 4.80. The molecule has 1 aliphatic heterocycles. The third-order valence-electron chi connectivity index (χ3n) is 3.65. The summed E-state index contributed by atoms with van der Waals surface area (Å²) in [6.07, 6.45) is -0.0879. The van der Waals surface area contributed by atoms with Crippen LogP contribution in [0, 0.1) is 13.8 Å². The summed E-state index contributed by atoms with van der Waals surface area (Å²) in [5.41, 5.74) is 2.07. The van der Waals surface area contributed by atoms with Gasteiger partial charge in [0.05, 0.1) is 17.6 Å². The smallest absolute Gasteiger partial charge is 0.242 e. The fourth-order valence-electron chi connectivity index (χ4n) is 2.18. The number of likely N-dealkylation sites (N-methyl/N-ethyl adjacent to an activating group) is 1. The molecule has 0 saturated carbocycles. The van der Waals surface area contributed by atoms with E-state index in [0.717, 1.165) is 17.7 Å². The largest absolute Gasteiger partial charge is 0.374 e. The zero-order valence-electron chi connectivity index (χ0n) is 12.2. The molecule has 0 aliphatic carbocycles. The Morgan fingerprint density at radius 3 is 2.70 bits per heavy atom. The van der Waals surface area contributed by atoms with E-state index in [1.807, 2.05) is 19.9 Å². The number of hydrogen-bond acceptors (Lipinski definition) is 4. The number of morpholine rings is 1. The number of benzene rings is 1. The predicted molar refractivity (Wildman–Crippen MR) is 78.3 cm³/mol. The molecular weight excluding hydrogens is 276 g/mol. The molecular formula is C14H22N2O3S. The number of aryl methyl sites for hydroxylation is 2. The van der Waals surface area contributed by atoms with Gasteiger partial charge in [-0.15, -0.1) is 0 Å². The van der Waals surface area contributed by atoms with E-state index in [-0.39, 0.29) is 6.10 Å². The fourth-order valence-corrected chi connectivity index (χ4v) is 3.46. The van der Waals surface area contributed by atoms with E-state index < -0.39 is 10.0 Å². The van der Waals surface area contributed by atoms with Crippen molar-refractivity contribution in [3.05, 3.63) is 29.3 Å². The van der Waals surface area contributed by atoms with Crippen LogP contribution in [0.25, 0.3) is 0 Å². The summed E-state index contributed by atoms with van der Waals surface area (Å²) >= 11 is 0. The molecule has 1 heterocycles. The molecule has 6 heteroatoms. The number of rotatable bonds is 4. The molecule has 1 aliphatic rings. The van der Waals surface area contributed by atoms with Crippen LogP contribution >= 0.6 is 0 Å². The second-order valence-electron chi connectivity index (χ2n) is 5.23. The van der Waals surface area contributed by atoms with Gasteiger partial charge < -0.3 is 10.1 Å². The highest BCUT2D eigenvalue weighted by atomic mass is 32.2. The van der Waals surface area contributed by atoms with Crippen molar-refractivity contribution in [2.45, 2.75) is 24.8 Å². The van der Waals surface area contributed by atoms with Crippen molar-refractivity contribution in [1.82, 2.24) is 9.62 Å². The van der Waals surface area contributed by atoms with Gasteiger partial charge in [0.1, 0.15) is 0 Å². The Hall–Kier alpha value is -0.950. The van der Waals surface area contributed by atoms with E-state index in [1.165, 1.54) is 4.31 Å². The van der Waals surface area contributed by atoms with Crippen LogP contribution < -0.4 is 5.32 Å². The molecule has 0 amide bonds. The lowest BCUT2D eigenvalue weighted by Crippen LogP contribution is -2.45. The first-order valence-electron chi connectivity index (χ1n) is 6.77. The third kappa shape index (κ3) is 3.38. The van der Waals surface area contributed by atoms with Gasteiger partial charge in [-0.25, -0.2) is 8.42 Å². The quantitative estimate of drug-likeness (QED) is 0.898. The maximum absolute atomic E-state index is 12.5. The topological polar surface area (TPSA) is 58.6 Å². The van der Waals surface area contributed by atoms with Crippen LogP contribution in [-0.2, 0) is 14.8 Å². The molecule has 1 N–H and O–H groups in total. The highest BCUT2D eigenvalue weighted by Crippen LogP contribution is 2.18. The summed E-state index contributed by atoms with van der Waals surface area (Å²) < 4.78 is 32.0. The van der Waals surface area contributed by atoms with E-state index in [2.05, 4.69) is 5.32 Å². The van der Waals surface area contributed by atoms with Gasteiger partial charge in [0.25, 0.3) is 0 Å². The maximum atomic E-state index is 12.5. The molecule has 0 spiro atoms. The number of nitrogens with zero attached hydrogens (tertiary/aromatic N) is 1. The lowest BCUT2D eigenvalue weighted by Gasteiger charge is -2.27. The number of nitrogens with one attached hydrogen (secondary N) is 1. The fraction of sp³-hybridized carbons (Fsp3) is 0.571. The molecule has 2 rings (SSSR count). The molecule has 20 heavy (non-hydrogen) atoms. The molecule has 1 saturated heterocycles. The Morgan fingerprint density at radius 2 is 2.10 bits per heavy atom. The second kappa shape index (κ2) is 6.22. The van der Waals surface area contributed by atoms with Crippen molar-refractivity contribution >= 4 is 10.0 Å². The zero-order chi connectivity index (χ0) is 14.8. The summed E-state index contributed by atoms with van der Waals surface area (Å²) in [6, 6.07) is 5.23. The Bertz CT molecular complexity index is 566. The first-order valence-corrected chi connectivity index (χ1v) is 8.21. The van der Waals surface area contributed by atoms with Gasteiger partial charge in [-0.3, -0.25) is 0 Å². The van der Waals surface area contributed by atoms with Gasteiger partial charge in [-0.05, 0) is 37.1 Å². The van der Waals surface area contributed by atoms with Crippen LogP contribution in [0.3, 0.4) is 0 Å². The minimum Gasteiger partial charge on any atom is -0.374 e. The van der Waals surface area contributed by atoms with Crippen molar-refractivity contribution in [2.24, 2.45) is 0 Å². The first-order chi connectivity index (χ1) is 9.41. The van der Waals surface area contributed by atoms with Gasteiger partial charge in [0.15, 0.2) is 0 Å². The average Bonchev–Trinajstić information content (AvgIpc) is 2.42. The number of sulfonamides is 1. The van der Waals surface area contributed by atoms with Gasteiger partial charge in [0.2, 0.25) is 10.0 Å². The van der Waals surface area contributed by atoms with Gasteiger partial charge >= 0.3 is 0 Å². The molecule has 0 radical (unpaired) electrons. The normalized spacial score (nSPS) is 20.3. The molecule has 0 aromatic heterocycles. The second-order valence-corrected chi connectivity index (χ2v) is 7.27.